The average molecular weight is 578 g/mol. The zero-order chi connectivity index (χ0) is 29.6. The summed E-state index contributed by atoms with van der Waals surface area (Å²) in [5.41, 5.74) is 8.93. The lowest BCUT2D eigenvalue weighted by molar-refractivity contribution is 0.0332. The second kappa shape index (κ2) is 13.4. The van der Waals surface area contributed by atoms with Gasteiger partial charge in [-0.05, 0) is 61.0 Å². The quantitative estimate of drug-likeness (QED) is 0.327. The standard InChI is InChI=1S/C32H37F2N5O3/c1-3-37-10-12-39(13-11-37)31(40)25-9-8-24(18-22(25)2)36-32(35)42-30-7-5-4-6-26(30)23-19-28(33)27(29(34)20-23)21-38-14-16-41-17-15-38/h4-9,18-20H,3,10-17,21H2,1-2H3,(H2,35,36). The lowest BCUT2D eigenvalue weighted by atomic mass is 10.0. The minimum atomic E-state index is -0.620. The molecule has 42 heavy (non-hydrogen) atoms. The van der Waals surface area contributed by atoms with E-state index >= 15 is 8.78 Å². The van der Waals surface area contributed by atoms with Crippen molar-refractivity contribution in [3.8, 4) is 16.9 Å². The van der Waals surface area contributed by atoms with Gasteiger partial charge in [0.1, 0.15) is 17.4 Å². The van der Waals surface area contributed by atoms with Crippen molar-refractivity contribution in [1.29, 1.82) is 0 Å². The number of nitrogens with two attached hydrogens (primary N) is 1. The summed E-state index contributed by atoms with van der Waals surface area (Å²) in [6, 6.07) is 14.6. The molecule has 2 aliphatic rings. The molecule has 0 aliphatic carbocycles. The molecule has 0 atom stereocenters. The van der Waals surface area contributed by atoms with E-state index in [0.29, 0.717) is 67.5 Å². The number of halogens is 2. The number of para-hydroxylation sites is 1. The van der Waals surface area contributed by atoms with Crippen LogP contribution in [0.4, 0.5) is 14.5 Å². The minimum absolute atomic E-state index is 0.00681. The fourth-order valence-electron chi connectivity index (χ4n) is 5.34. The Morgan fingerprint density at radius 2 is 1.64 bits per heavy atom. The molecule has 8 nitrogen and oxygen atoms in total. The molecule has 3 aromatic carbocycles. The first-order valence-corrected chi connectivity index (χ1v) is 14.3. The molecular formula is C32H37F2N5O3. The van der Waals surface area contributed by atoms with E-state index in [4.69, 9.17) is 15.2 Å². The van der Waals surface area contributed by atoms with Crippen molar-refractivity contribution in [3.63, 3.8) is 0 Å². The molecular weight excluding hydrogens is 540 g/mol. The Labute approximate surface area is 245 Å². The third kappa shape index (κ3) is 6.95. The number of carbonyl (C=O) groups is 1. The van der Waals surface area contributed by atoms with Gasteiger partial charge in [0.15, 0.2) is 0 Å². The molecule has 0 aromatic heterocycles. The number of carbonyl (C=O) groups excluding carboxylic acids is 1. The highest BCUT2D eigenvalue weighted by Gasteiger charge is 2.23. The largest absolute Gasteiger partial charge is 0.425 e. The van der Waals surface area contributed by atoms with Gasteiger partial charge >= 0.3 is 0 Å². The number of hydrogen-bond donors (Lipinski definition) is 1. The smallest absolute Gasteiger partial charge is 0.292 e. The van der Waals surface area contributed by atoms with Gasteiger partial charge in [-0.3, -0.25) is 9.69 Å². The highest BCUT2D eigenvalue weighted by atomic mass is 19.1. The van der Waals surface area contributed by atoms with Gasteiger partial charge in [0.2, 0.25) is 0 Å². The molecule has 5 rings (SSSR count). The molecule has 0 radical (unpaired) electrons. The van der Waals surface area contributed by atoms with Gasteiger partial charge in [-0.2, -0.15) is 4.99 Å². The Morgan fingerprint density at radius 3 is 2.31 bits per heavy atom. The van der Waals surface area contributed by atoms with Crippen molar-refractivity contribution < 1.29 is 23.0 Å². The van der Waals surface area contributed by atoms with Gasteiger partial charge in [0.05, 0.1) is 18.9 Å². The number of piperazine rings is 1. The number of aryl methyl sites for hydroxylation is 1. The van der Waals surface area contributed by atoms with Crippen LogP contribution >= 0.6 is 0 Å². The molecule has 3 aromatic rings. The van der Waals surface area contributed by atoms with Crippen molar-refractivity contribution in [2.75, 3.05) is 59.0 Å². The highest BCUT2D eigenvalue weighted by molar-refractivity contribution is 5.96. The summed E-state index contributed by atoms with van der Waals surface area (Å²) in [6.07, 6.45) is 0. The topological polar surface area (TPSA) is 83.6 Å². The molecule has 0 spiro atoms. The fourth-order valence-corrected chi connectivity index (χ4v) is 5.34. The number of aliphatic imine (C=N–C) groups is 1. The van der Waals surface area contributed by atoms with E-state index in [-0.39, 0.29) is 24.0 Å². The average Bonchev–Trinajstić information content (AvgIpc) is 2.99. The van der Waals surface area contributed by atoms with Crippen LogP contribution in [0.5, 0.6) is 5.75 Å². The summed E-state index contributed by atoms with van der Waals surface area (Å²) in [7, 11) is 0. The van der Waals surface area contributed by atoms with Crippen molar-refractivity contribution >= 4 is 17.6 Å². The minimum Gasteiger partial charge on any atom is -0.425 e. The second-order valence-electron chi connectivity index (χ2n) is 10.6. The zero-order valence-corrected chi connectivity index (χ0v) is 24.1. The first kappa shape index (κ1) is 29.6. The van der Waals surface area contributed by atoms with Crippen LogP contribution < -0.4 is 10.5 Å². The summed E-state index contributed by atoms with van der Waals surface area (Å²) >= 11 is 0. The summed E-state index contributed by atoms with van der Waals surface area (Å²) in [4.78, 5) is 23.6. The number of amides is 1. The molecule has 0 unspecified atom stereocenters. The van der Waals surface area contributed by atoms with E-state index in [1.807, 2.05) is 16.7 Å². The van der Waals surface area contributed by atoms with Crippen molar-refractivity contribution in [1.82, 2.24) is 14.7 Å². The van der Waals surface area contributed by atoms with Crippen molar-refractivity contribution in [3.05, 3.63) is 82.9 Å². The van der Waals surface area contributed by atoms with E-state index < -0.39 is 11.6 Å². The lowest BCUT2D eigenvalue weighted by Crippen LogP contribution is -2.48. The highest BCUT2D eigenvalue weighted by Crippen LogP contribution is 2.33. The van der Waals surface area contributed by atoms with Crippen LogP contribution in [0.2, 0.25) is 0 Å². The van der Waals surface area contributed by atoms with Gasteiger partial charge in [0, 0.05) is 62.5 Å². The molecule has 2 N–H and O–H groups in total. The maximum absolute atomic E-state index is 15.1. The number of benzene rings is 3. The van der Waals surface area contributed by atoms with E-state index in [2.05, 4.69) is 16.8 Å². The molecule has 2 heterocycles. The predicted octanol–water partition coefficient (Wildman–Crippen LogP) is 4.58. The van der Waals surface area contributed by atoms with Gasteiger partial charge < -0.3 is 25.0 Å². The third-order valence-electron chi connectivity index (χ3n) is 7.83. The molecule has 10 heteroatoms. The molecule has 222 valence electrons. The van der Waals surface area contributed by atoms with Crippen molar-refractivity contribution in [2.45, 2.75) is 20.4 Å². The van der Waals surface area contributed by atoms with Gasteiger partial charge in [-0.1, -0.05) is 25.1 Å². The third-order valence-corrected chi connectivity index (χ3v) is 7.83. The van der Waals surface area contributed by atoms with Gasteiger partial charge in [-0.25, -0.2) is 8.78 Å². The Kier molecular flexibility index (Phi) is 9.46. The summed E-state index contributed by atoms with van der Waals surface area (Å²) in [5.74, 6) is -0.920. The van der Waals surface area contributed by atoms with Gasteiger partial charge in [0.25, 0.3) is 11.9 Å². The summed E-state index contributed by atoms with van der Waals surface area (Å²) < 4.78 is 41.4. The Bertz CT molecular complexity index is 1430. The molecule has 2 fully saturated rings. The number of hydrogen-bond acceptors (Lipinski definition) is 6. The maximum Gasteiger partial charge on any atom is 0.292 e. The van der Waals surface area contributed by atoms with E-state index in [1.54, 1.807) is 42.5 Å². The van der Waals surface area contributed by atoms with Crippen molar-refractivity contribution in [2.24, 2.45) is 10.7 Å². The van der Waals surface area contributed by atoms with Crippen LogP contribution in [0, 0.1) is 18.6 Å². The van der Waals surface area contributed by atoms with Crippen LogP contribution in [0.1, 0.15) is 28.4 Å². The number of amidine groups is 1. The van der Waals surface area contributed by atoms with Crippen LogP contribution in [0.3, 0.4) is 0 Å². The van der Waals surface area contributed by atoms with E-state index in [1.165, 1.54) is 12.1 Å². The molecule has 1 amide bonds. The molecule has 2 saturated heterocycles. The Balaban J connectivity index is 1.30. The first-order valence-electron chi connectivity index (χ1n) is 14.3. The summed E-state index contributed by atoms with van der Waals surface area (Å²) in [5, 5.41) is 0. The number of ether oxygens (including phenoxy) is 2. The van der Waals surface area contributed by atoms with E-state index in [0.717, 1.165) is 25.2 Å². The molecule has 0 saturated carbocycles. The number of nitrogens with zero attached hydrogens (tertiary/aromatic N) is 4. The monoisotopic (exact) mass is 577 g/mol. The molecule has 0 bridgehead atoms. The van der Waals surface area contributed by atoms with Crippen LogP contribution in [0.15, 0.2) is 59.6 Å². The number of morpholine rings is 1. The Morgan fingerprint density at radius 1 is 0.952 bits per heavy atom. The predicted molar refractivity (Wildman–Crippen MR) is 159 cm³/mol. The first-order chi connectivity index (χ1) is 20.3. The SMILES string of the molecule is CCN1CCN(C(=O)c2ccc(N=C(N)Oc3ccccc3-c3cc(F)c(CN4CCOCC4)c(F)c3)cc2C)CC1. The van der Waals surface area contributed by atoms with Crippen LogP contribution in [0.25, 0.3) is 11.1 Å². The van der Waals surface area contributed by atoms with Crippen LogP contribution in [-0.2, 0) is 11.3 Å². The Hall–Kier alpha value is -3.86. The molecule has 2 aliphatic heterocycles. The number of likely N-dealkylation sites (N-methyl/N-ethyl adjacent to an activating group) is 1. The fraction of sp³-hybridized carbons (Fsp3) is 0.375. The maximum atomic E-state index is 15.1. The van der Waals surface area contributed by atoms with E-state index in [9.17, 15) is 4.79 Å². The zero-order valence-electron chi connectivity index (χ0n) is 24.1. The van der Waals surface area contributed by atoms with Crippen LogP contribution in [-0.4, -0.2) is 85.7 Å². The lowest BCUT2D eigenvalue weighted by Gasteiger charge is -2.34. The normalized spacial score (nSPS) is 17.0. The summed E-state index contributed by atoms with van der Waals surface area (Å²) in [6.45, 7) is 10.7. The van der Waals surface area contributed by atoms with Gasteiger partial charge in [-0.15, -0.1) is 0 Å². The number of rotatable bonds is 7. The second-order valence-corrected chi connectivity index (χ2v) is 10.6.